The molecule has 2 aromatic carbocycles. The van der Waals surface area contributed by atoms with E-state index in [1.54, 1.807) is 9.80 Å². The maximum absolute atomic E-state index is 13.6. The van der Waals surface area contributed by atoms with Crippen molar-refractivity contribution in [1.82, 2.24) is 14.8 Å². The molecule has 7 heteroatoms. The molecule has 1 aliphatic carbocycles. The number of para-hydroxylation sites is 1. The molecular formula is C25H23N3O4. The van der Waals surface area contributed by atoms with Crippen LogP contribution in [-0.4, -0.2) is 52.5 Å². The first kappa shape index (κ1) is 18.1. The summed E-state index contributed by atoms with van der Waals surface area (Å²) in [6, 6.07) is 13.1. The Labute approximate surface area is 184 Å². The summed E-state index contributed by atoms with van der Waals surface area (Å²) in [7, 11) is 0. The van der Waals surface area contributed by atoms with E-state index in [-0.39, 0.29) is 31.2 Å². The quantitative estimate of drug-likeness (QED) is 0.695. The van der Waals surface area contributed by atoms with E-state index in [1.807, 2.05) is 36.4 Å². The predicted molar refractivity (Wildman–Crippen MR) is 116 cm³/mol. The minimum absolute atomic E-state index is 0.00206. The predicted octanol–water partition coefficient (Wildman–Crippen LogP) is 2.99. The Morgan fingerprint density at radius 1 is 1.03 bits per heavy atom. The number of nitrogens with one attached hydrogen (secondary N) is 1. The lowest BCUT2D eigenvalue weighted by Gasteiger charge is -2.47. The first-order chi connectivity index (χ1) is 15.7. The normalized spacial score (nSPS) is 24.1. The monoisotopic (exact) mass is 429 g/mol. The third-order valence-electron chi connectivity index (χ3n) is 7.23. The molecule has 0 spiro atoms. The molecule has 32 heavy (non-hydrogen) atoms. The fourth-order valence-electron chi connectivity index (χ4n) is 5.52. The zero-order chi connectivity index (χ0) is 21.4. The summed E-state index contributed by atoms with van der Waals surface area (Å²) in [5.41, 5.74) is 4.05. The molecule has 0 bridgehead atoms. The van der Waals surface area contributed by atoms with Gasteiger partial charge in [-0.2, -0.15) is 0 Å². The molecule has 3 aliphatic heterocycles. The highest BCUT2D eigenvalue weighted by molar-refractivity contribution is 5.97. The van der Waals surface area contributed by atoms with Crippen LogP contribution in [0.3, 0.4) is 0 Å². The average Bonchev–Trinajstić information content (AvgIpc) is 3.36. The Balaban J connectivity index is 1.39. The molecule has 4 heterocycles. The summed E-state index contributed by atoms with van der Waals surface area (Å²) in [6.07, 6.45) is 2.84. The number of benzene rings is 2. The molecule has 1 saturated heterocycles. The molecular weight excluding hydrogens is 406 g/mol. The lowest BCUT2D eigenvalue weighted by atomic mass is 9.86. The number of hydrogen-bond acceptors (Lipinski definition) is 4. The van der Waals surface area contributed by atoms with Gasteiger partial charge in [0.15, 0.2) is 11.5 Å². The van der Waals surface area contributed by atoms with E-state index in [2.05, 4.69) is 11.1 Å². The number of piperazine rings is 1. The van der Waals surface area contributed by atoms with Crippen LogP contribution in [0.4, 0.5) is 0 Å². The number of nitrogens with zero attached hydrogens (tertiary/aromatic N) is 2. The maximum atomic E-state index is 13.6. The van der Waals surface area contributed by atoms with Gasteiger partial charge in [-0.25, -0.2) is 0 Å². The molecule has 1 N–H and O–H groups in total. The second-order valence-corrected chi connectivity index (χ2v) is 9.26. The first-order valence-electron chi connectivity index (χ1n) is 11.3. The van der Waals surface area contributed by atoms with Gasteiger partial charge in [0, 0.05) is 29.6 Å². The molecule has 7 nitrogen and oxygen atoms in total. The summed E-state index contributed by atoms with van der Waals surface area (Å²) in [5, 5.41) is 1.12. The van der Waals surface area contributed by atoms with Crippen molar-refractivity contribution in [3.63, 3.8) is 0 Å². The highest BCUT2D eigenvalue weighted by atomic mass is 16.7. The summed E-state index contributed by atoms with van der Waals surface area (Å²) < 4.78 is 11.1. The molecule has 2 amide bonds. The van der Waals surface area contributed by atoms with E-state index in [0.717, 1.165) is 40.6 Å². The van der Waals surface area contributed by atoms with Crippen molar-refractivity contribution < 1.29 is 19.1 Å². The van der Waals surface area contributed by atoms with Gasteiger partial charge in [-0.05, 0) is 48.1 Å². The fraction of sp³-hybridized carbons (Fsp3) is 0.360. The zero-order valence-corrected chi connectivity index (χ0v) is 17.5. The number of rotatable bonds is 3. The number of ether oxygens (including phenoxy) is 2. The summed E-state index contributed by atoms with van der Waals surface area (Å²) in [5.74, 6) is 2.00. The van der Waals surface area contributed by atoms with Gasteiger partial charge >= 0.3 is 0 Å². The van der Waals surface area contributed by atoms with Gasteiger partial charge in [-0.1, -0.05) is 24.3 Å². The van der Waals surface area contributed by atoms with Crippen LogP contribution in [-0.2, 0) is 16.0 Å². The molecule has 1 aromatic heterocycles. The van der Waals surface area contributed by atoms with E-state index in [4.69, 9.17) is 9.47 Å². The molecule has 2 atom stereocenters. The fourth-order valence-corrected chi connectivity index (χ4v) is 5.52. The number of H-pyrrole nitrogens is 1. The Kier molecular flexibility index (Phi) is 3.69. The van der Waals surface area contributed by atoms with Gasteiger partial charge < -0.3 is 24.3 Å². The number of aromatic nitrogens is 1. The van der Waals surface area contributed by atoms with E-state index >= 15 is 0 Å². The van der Waals surface area contributed by atoms with Gasteiger partial charge in [-0.15, -0.1) is 0 Å². The number of hydrogen-bond donors (Lipinski definition) is 1. The topological polar surface area (TPSA) is 74.9 Å². The van der Waals surface area contributed by atoms with E-state index < -0.39 is 6.04 Å². The Hall–Kier alpha value is -3.48. The lowest BCUT2D eigenvalue weighted by molar-refractivity contribution is -0.158. The first-order valence-corrected chi connectivity index (χ1v) is 11.3. The second kappa shape index (κ2) is 6.51. The van der Waals surface area contributed by atoms with Crippen LogP contribution < -0.4 is 9.47 Å². The van der Waals surface area contributed by atoms with Crippen molar-refractivity contribution in [3.8, 4) is 11.5 Å². The number of aromatic amines is 1. The highest BCUT2D eigenvalue weighted by Crippen LogP contribution is 2.45. The van der Waals surface area contributed by atoms with Crippen LogP contribution in [0.2, 0.25) is 0 Å². The van der Waals surface area contributed by atoms with Crippen molar-refractivity contribution in [1.29, 1.82) is 0 Å². The summed E-state index contributed by atoms with van der Waals surface area (Å²) >= 11 is 0. The molecule has 7 rings (SSSR count). The maximum Gasteiger partial charge on any atom is 0.246 e. The summed E-state index contributed by atoms with van der Waals surface area (Å²) in [4.78, 5) is 34.2. The van der Waals surface area contributed by atoms with Crippen molar-refractivity contribution in [2.24, 2.45) is 5.92 Å². The molecule has 4 aliphatic rings. The third kappa shape index (κ3) is 2.60. The second-order valence-electron chi connectivity index (χ2n) is 9.26. The van der Waals surface area contributed by atoms with Crippen LogP contribution in [0.5, 0.6) is 11.5 Å². The van der Waals surface area contributed by atoms with E-state index in [0.29, 0.717) is 30.4 Å². The molecule has 0 unspecified atom stereocenters. The van der Waals surface area contributed by atoms with Crippen LogP contribution in [0, 0.1) is 5.92 Å². The minimum Gasteiger partial charge on any atom is -0.454 e. The zero-order valence-electron chi connectivity index (χ0n) is 17.5. The number of carbonyl (C=O) groups excluding carboxylic acids is 2. The molecule has 1 saturated carbocycles. The van der Waals surface area contributed by atoms with Crippen molar-refractivity contribution >= 4 is 22.7 Å². The largest absolute Gasteiger partial charge is 0.454 e. The molecule has 3 aromatic rings. The Bertz CT molecular complexity index is 1280. The van der Waals surface area contributed by atoms with Gasteiger partial charge in [0.1, 0.15) is 6.04 Å². The van der Waals surface area contributed by atoms with Gasteiger partial charge in [0.25, 0.3) is 0 Å². The smallest absolute Gasteiger partial charge is 0.246 e. The Morgan fingerprint density at radius 2 is 1.88 bits per heavy atom. The van der Waals surface area contributed by atoms with Crippen molar-refractivity contribution in [2.45, 2.75) is 31.3 Å². The van der Waals surface area contributed by atoms with Gasteiger partial charge in [0.05, 0.1) is 12.6 Å². The molecule has 162 valence electrons. The van der Waals surface area contributed by atoms with Crippen LogP contribution in [0.15, 0.2) is 42.5 Å². The SMILES string of the molecule is O=C1[C@@H]2Cc3c([nH]c4ccccc34)[C@H](c3ccc4c(c3)OCO4)N2C(=O)CN1CC1CC1. The van der Waals surface area contributed by atoms with Crippen molar-refractivity contribution in [2.75, 3.05) is 19.9 Å². The van der Waals surface area contributed by atoms with Crippen LogP contribution in [0.1, 0.15) is 35.7 Å². The minimum atomic E-state index is -0.489. The summed E-state index contributed by atoms with van der Waals surface area (Å²) in [6.45, 7) is 1.05. The molecule has 2 fully saturated rings. The molecule has 0 radical (unpaired) electrons. The third-order valence-corrected chi connectivity index (χ3v) is 7.23. The lowest BCUT2D eigenvalue weighted by Crippen LogP contribution is -2.63. The Morgan fingerprint density at radius 3 is 2.75 bits per heavy atom. The van der Waals surface area contributed by atoms with Crippen molar-refractivity contribution in [3.05, 3.63) is 59.3 Å². The number of amides is 2. The van der Waals surface area contributed by atoms with Crippen LogP contribution >= 0.6 is 0 Å². The van der Waals surface area contributed by atoms with E-state index in [9.17, 15) is 9.59 Å². The highest BCUT2D eigenvalue weighted by Gasteiger charge is 2.49. The standard InChI is InChI=1S/C25H23N3O4/c29-22-12-27(11-14-5-6-14)25(30)19-10-17-16-3-1-2-4-18(16)26-23(17)24(28(19)22)15-7-8-20-21(9-15)32-13-31-20/h1-4,7-9,14,19,24,26H,5-6,10-13H2/t19-,24-/m0/s1. The van der Waals surface area contributed by atoms with Gasteiger partial charge in [-0.3, -0.25) is 9.59 Å². The van der Waals surface area contributed by atoms with Crippen LogP contribution in [0.25, 0.3) is 10.9 Å². The average molecular weight is 429 g/mol. The van der Waals surface area contributed by atoms with Gasteiger partial charge in [0.2, 0.25) is 18.6 Å². The number of carbonyl (C=O) groups is 2. The number of fused-ring (bicyclic) bond motifs is 5. The van der Waals surface area contributed by atoms with E-state index in [1.165, 1.54) is 0 Å².